The van der Waals surface area contributed by atoms with Crippen LogP contribution >= 0.6 is 11.8 Å². The largest absolute Gasteiger partial charge is 0.280 e. The van der Waals surface area contributed by atoms with Crippen molar-refractivity contribution in [2.45, 2.75) is 72.9 Å². The first-order valence-electron chi connectivity index (χ1n) is 7.02. The van der Waals surface area contributed by atoms with Gasteiger partial charge in [0.15, 0.2) is 0 Å². The number of hydrogen-bond acceptors (Lipinski definition) is 4. The van der Waals surface area contributed by atoms with Crippen molar-refractivity contribution in [1.82, 2.24) is 5.32 Å². The molecular formula is C14H19N3S. The van der Waals surface area contributed by atoms with Gasteiger partial charge >= 0.3 is 0 Å². The minimum atomic E-state index is -0.438. The average molecular weight is 261 g/mol. The fourth-order valence-corrected chi connectivity index (χ4v) is 5.77. The molecule has 1 aliphatic heterocycles. The molecule has 0 amide bonds. The van der Waals surface area contributed by atoms with E-state index in [0.717, 1.165) is 38.5 Å². The first-order chi connectivity index (χ1) is 8.75. The molecule has 3 rings (SSSR count). The van der Waals surface area contributed by atoms with E-state index in [9.17, 15) is 10.5 Å². The summed E-state index contributed by atoms with van der Waals surface area (Å²) >= 11 is 1.94. The smallest absolute Gasteiger partial charge is 0.119 e. The Labute approximate surface area is 113 Å². The van der Waals surface area contributed by atoms with Crippen LogP contribution < -0.4 is 5.32 Å². The highest BCUT2D eigenvalue weighted by molar-refractivity contribution is 8.00. The Balaban J connectivity index is 1.95. The van der Waals surface area contributed by atoms with Crippen molar-refractivity contribution >= 4 is 11.8 Å². The lowest BCUT2D eigenvalue weighted by molar-refractivity contribution is 0.190. The summed E-state index contributed by atoms with van der Waals surface area (Å²) in [5, 5.41) is 23.6. The third kappa shape index (κ3) is 1.67. The van der Waals surface area contributed by atoms with Crippen molar-refractivity contribution in [3.63, 3.8) is 0 Å². The monoisotopic (exact) mass is 261 g/mol. The van der Waals surface area contributed by atoms with Crippen LogP contribution in [0.2, 0.25) is 0 Å². The van der Waals surface area contributed by atoms with Crippen molar-refractivity contribution in [1.29, 1.82) is 10.5 Å². The summed E-state index contributed by atoms with van der Waals surface area (Å²) in [7, 11) is 0. The standard InChI is InChI=1S/C14H19N3S/c15-9-13-7-3-1-5-11(13)18-12-6-2-4-8-14(12,10-16)17-13/h11-12,17H,1-8H2/t11-,12-,13+,14+/m0/s1. The second-order valence-electron chi connectivity index (χ2n) is 5.90. The van der Waals surface area contributed by atoms with Crippen LogP contribution in [0.15, 0.2) is 0 Å². The van der Waals surface area contributed by atoms with Crippen LogP contribution in [0.5, 0.6) is 0 Å². The minimum Gasteiger partial charge on any atom is -0.280 e. The average Bonchev–Trinajstić information content (AvgIpc) is 2.44. The molecule has 1 heterocycles. The SMILES string of the molecule is N#C[C@]12CCCC[C@@H]1S[C@H]1CCCC[C@]1(C#N)N2. The van der Waals surface area contributed by atoms with E-state index in [4.69, 9.17) is 0 Å². The van der Waals surface area contributed by atoms with E-state index in [2.05, 4.69) is 17.5 Å². The van der Waals surface area contributed by atoms with E-state index >= 15 is 0 Å². The van der Waals surface area contributed by atoms with E-state index < -0.39 is 11.1 Å². The molecule has 0 aromatic rings. The minimum absolute atomic E-state index is 0.390. The number of rotatable bonds is 0. The third-order valence-electron chi connectivity index (χ3n) is 4.85. The Morgan fingerprint density at radius 3 is 1.83 bits per heavy atom. The lowest BCUT2D eigenvalue weighted by Gasteiger charge is -2.54. The van der Waals surface area contributed by atoms with Crippen molar-refractivity contribution in [3.05, 3.63) is 0 Å². The van der Waals surface area contributed by atoms with Gasteiger partial charge in [-0.25, -0.2) is 0 Å². The summed E-state index contributed by atoms with van der Waals surface area (Å²) in [4.78, 5) is 0. The number of hydrogen-bond donors (Lipinski definition) is 1. The fraction of sp³-hybridized carbons (Fsp3) is 0.857. The molecule has 0 spiro atoms. The highest BCUT2D eigenvalue weighted by Gasteiger charge is 2.56. The molecule has 1 N–H and O–H groups in total. The van der Waals surface area contributed by atoms with Gasteiger partial charge in [0.05, 0.1) is 12.1 Å². The summed E-state index contributed by atoms with van der Waals surface area (Å²) in [6, 6.07) is 5.06. The first kappa shape index (κ1) is 12.3. The zero-order chi connectivity index (χ0) is 12.6. The summed E-state index contributed by atoms with van der Waals surface area (Å²) in [6.07, 6.45) is 8.78. The molecule has 4 atom stereocenters. The van der Waals surface area contributed by atoms with Gasteiger partial charge < -0.3 is 0 Å². The molecule has 2 saturated carbocycles. The van der Waals surface area contributed by atoms with E-state index in [1.165, 1.54) is 12.8 Å². The number of nitriles is 2. The van der Waals surface area contributed by atoms with Gasteiger partial charge in [0, 0.05) is 10.5 Å². The molecule has 3 fully saturated rings. The van der Waals surface area contributed by atoms with Crippen molar-refractivity contribution in [3.8, 4) is 12.1 Å². The van der Waals surface area contributed by atoms with Gasteiger partial charge in [-0.3, -0.25) is 5.32 Å². The van der Waals surface area contributed by atoms with Gasteiger partial charge in [0.25, 0.3) is 0 Å². The number of fused-ring (bicyclic) bond motifs is 2. The summed E-state index contributed by atoms with van der Waals surface area (Å²) in [6.45, 7) is 0. The van der Waals surface area contributed by atoms with Crippen molar-refractivity contribution < 1.29 is 0 Å². The molecule has 0 unspecified atom stereocenters. The van der Waals surface area contributed by atoms with Crippen molar-refractivity contribution in [2.24, 2.45) is 0 Å². The van der Waals surface area contributed by atoms with Crippen LogP contribution in [0, 0.1) is 22.7 Å². The molecule has 1 saturated heterocycles. The van der Waals surface area contributed by atoms with Crippen LogP contribution in [0.1, 0.15) is 51.4 Å². The lowest BCUT2D eigenvalue weighted by Crippen LogP contribution is -2.70. The van der Waals surface area contributed by atoms with Gasteiger partial charge in [0.1, 0.15) is 11.1 Å². The predicted octanol–water partition coefficient (Wildman–Crippen LogP) is 2.73. The third-order valence-corrected chi connectivity index (χ3v) is 6.78. The summed E-state index contributed by atoms with van der Waals surface area (Å²) in [5.41, 5.74) is -0.876. The quantitative estimate of drug-likeness (QED) is 0.728. The van der Waals surface area contributed by atoms with Crippen molar-refractivity contribution in [2.75, 3.05) is 0 Å². The molecule has 0 aromatic heterocycles. The fourth-order valence-electron chi connectivity index (χ4n) is 3.84. The maximum absolute atomic E-state index is 9.64. The van der Waals surface area contributed by atoms with Crippen LogP contribution in [0.3, 0.4) is 0 Å². The Hall–Kier alpha value is -0.710. The topological polar surface area (TPSA) is 59.6 Å². The van der Waals surface area contributed by atoms with Gasteiger partial charge in [-0.2, -0.15) is 10.5 Å². The number of nitrogens with zero attached hydrogens (tertiary/aromatic N) is 2. The molecule has 3 aliphatic rings. The molecule has 96 valence electrons. The Kier molecular flexibility index (Phi) is 3.04. The molecule has 2 aliphatic carbocycles. The van der Waals surface area contributed by atoms with E-state index in [1.54, 1.807) is 0 Å². The second-order valence-corrected chi connectivity index (χ2v) is 7.31. The highest BCUT2D eigenvalue weighted by atomic mass is 32.2. The Bertz CT molecular complexity index is 386. The maximum Gasteiger partial charge on any atom is 0.119 e. The first-order valence-corrected chi connectivity index (χ1v) is 7.96. The van der Waals surface area contributed by atoms with Gasteiger partial charge in [-0.05, 0) is 25.7 Å². The Morgan fingerprint density at radius 1 is 0.889 bits per heavy atom. The zero-order valence-corrected chi connectivity index (χ0v) is 11.4. The Morgan fingerprint density at radius 2 is 1.39 bits per heavy atom. The molecule has 0 bridgehead atoms. The summed E-state index contributed by atoms with van der Waals surface area (Å²) in [5.74, 6) is 0. The van der Waals surface area contributed by atoms with E-state index in [-0.39, 0.29) is 0 Å². The van der Waals surface area contributed by atoms with Crippen LogP contribution in [0.25, 0.3) is 0 Å². The van der Waals surface area contributed by atoms with Crippen LogP contribution in [-0.2, 0) is 0 Å². The molecule has 0 aromatic carbocycles. The van der Waals surface area contributed by atoms with E-state index in [1.807, 2.05) is 11.8 Å². The molecular weight excluding hydrogens is 242 g/mol. The zero-order valence-electron chi connectivity index (χ0n) is 10.6. The second kappa shape index (κ2) is 4.44. The molecule has 3 nitrogen and oxygen atoms in total. The van der Waals surface area contributed by atoms with Gasteiger partial charge in [-0.15, -0.1) is 11.8 Å². The van der Waals surface area contributed by atoms with E-state index in [0.29, 0.717) is 10.5 Å². The number of thioether (sulfide) groups is 1. The molecule has 4 heteroatoms. The highest BCUT2D eigenvalue weighted by Crippen LogP contribution is 2.50. The number of nitrogens with one attached hydrogen (secondary N) is 1. The summed E-state index contributed by atoms with van der Waals surface area (Å²) < 4.78 is 0. The molecule has 18 heavy (non-hydrogen) atoms. The normalized spacial score (nSPS) is 47.2. The predicted molar refractivity (Wildman–Crippen MR) is 71.9 cm³/mol. The van der Waals surface area contributed by atoms with Crippen LogP contribution in [-0.4, -0.2) is 21.6 Å². The maximum atomic E-state index is 9.64. The van der Waals surface area contributed by atoms with Gasteiger partial charge in [0.2, 0.25) is 0 Å². The molecule has 0 radical (unpaired) electrons. The van der Waals surface area contributed by atoms with Gasteiger partial charge in [-0.1, -0.05) is 25.7 Å². The van der Waals surface area contributed by atoms with Crippen LogP contribution in [0.4, 0.5) is 0 Å². The lowest BCUT2D eigenvalue weighted by atomic mass is 9.75.